The number of carbonyl (C=O) groups excluding carboxylic acids is 1. The molecule has 0 N–H and O–H groups in total. The summed E-state index contributed by atoms with van der Waals surface area (Å²) in [5.41, 5.74) is 0. The Hall–Kier alpha value is -0.990. The number of piperidine rings is 1. The molecular weight excluding hydrogens is 190 g/mol. The molecule has 2 atom stereocenters. The molecular formula is C12H19NO2. The Bertz CT molecular complexity index is 262. The molecule has 2 unspecified atom stereocenters. The van der Waals surface area contributed by atoms with Gasteiger partial charge in [0.1, 0.15) is 0 Å². The van der Waals surface area contributed by atoms with E-state index in [4.69, 9.17) is 4.74 Å². The second-order valence-electron chi connectivity index (χ2n) is 4.40. The Kier molecular flexibility index (Phi) is 3.29. The van der Waals surface area contributed by atoms with E-state index in [9.17, 15) is 4.79 Å². The fraction of sp³-hybridized carbons (Fsp3) is 0.750. The molecule has 3 nitrogen and oxygen atoms in total. The molecule has 1 amide bonds. The first-order valence-corrected chi connectivity index (χ1v) is 5.84. The lowest BCUT2D eigenvalue weighted by atomic mass is 9.90. The van der Waals surface area contributed by atoms with E-state index in [1.165, 1.54) is 20.0 Å². The maximum Gasteiger partial charge on any atom is 0.409 e. The van der Waals surface area contributed by atoms with E-state index in [-0.39, 0.29) is 6.09 Å². The molecule has 3 heteroatoms. The van der Waals surface area contributed by atoms with Crippen molar-refractivity contribution in [3.63, 3.8) is 0 Å². The van der Waals surface area contributed by atoms with E-state index in [1.807, 2.05) is 4.90 Å². The van der Waals surface area contributed by atoms with Gasteiger partial charge in [-0.25, -0.2) is 4.79 Å². The number of allylic oxidation sites excluding steroid dienone is 1. The van der Waals surface area contributed by atoms with Crippen molar-refractivity contribution in [3.05, 3.63) is 12.2 Å². The summed E-state index contributed by atoms with van der Waals surface area (Å²) in [6, 6.07) is 0.380. The number of carbonyl (C=O) groups is 1. The number of hydrogen-bond donors (Lipinski definition) is 0. The Morgan fingerprint density at radius 2 is 2.27 bits per heavy atom. The number of amides is 1. The highest BCUT2D eigenvalue weighted by Gasteiger charge is 2.32. The third kappa shape index (κ3) is 2.16. The van der Waals surface area contributed by atoms with Crippen molar-refractivity contribution in [1.29, 1.82) is 0 Å². The maximum absolute atomic E-state index is 11.6. The van der Waals surface area contributed by atoms with Crippen LogP contribution in [0.25, 0.3) is 0 Å². The molecule has 1 heterocycles. The standard InChI is InChI=1S/C12H19NO2/c1-15-12(14)13-9-5-4-8-11(13)10-6-2-3-7-10/h2,6,10-11H,3-5,7-9H2,1H3. The molecule has 1 fully saturated rings. The molecule has 1 aliphatic carbocycles. The summed E-state index contributed by atoms with van der Waals surface area (Å²) in [4.78, 5) is 13.5. The molecule has 0 aromatic rings. The van der Waals surface area contributed by atoms with Gasteiger partial charge in [0.15, 0.2) is 0 Å². The lowest BCUT2D eigenvalue weighted by Crippen LogP contribution is -2.46. The van der Waals surface area contributed by atoms with Crippen molar-refractivity contribution < 1.29 is 9.53 Å². The largest absolute Gasteiger partial charge is 0.453 e. The van der Waals surface area contributed by atoms with E-state index < -0.39 is 0 Å². The number of hydrogen-bond acceptors (Lipinski definition) is 2. The van der Waals surface area contributed by atoms with Crippen molar-refractivity contribution in [2.75, 3.05) is 13.7 Å². The van der Waals surface area contributed by atoms with Crippen LogP contribution < -0.4 is 0 Å². The molecule has 1 aliphatic heterocycles. The zero-order valence-electron chi connectivity index (χ0n) is 9.32. The van der Waals surface area contributed by atoms with Gasteiger partial charge in [-0.3, -0.25) is 0 Å². The summed E-state index contributed by atoms with van der Waals surface area (Å²) in [7, 11) is 1.47. The molecule has 0 saturated carbocycles. The third-order valence-corrected chi connectivity index (χ3v) is 3.50. The molecule has 0 spiro atoms. The molecule has 1 saturated heterocycles. The van der Waals surface area contributed by atoms with Crippen molar-refractivity contribution in [2.24, 2.45) is 5.92 Å². The Balaban J connectivity index is 2.05. The van der Waals surface area contributed by atoms with Crippen molar-refractivity contribution in [1.82, 2.24) is 4.90 Å². The van der Waals surface area contributed by atoms with Gasteiger partial charge in [0.2, 0.25) is 0 Å². The van der Waals surface area contributed by atoms with Crippen LogP contribution in [0.15, 0.2) is 12.2 Å². The number of nitrogens with zero attached hydrogens (tertiary/aromatic N) is 1. The molecule has 2 rings (SSSR count). The van der Waals surface area contributed by atoms with Crippen molar-refractivity contribution in [2.45, 2.75) is 38.1 Å². The number of likely N-dealkylation sites (tertiary alicyclic amines) is 1. The quantitative estimate of drug-likeness (QED) is 0.621. The van der Waals surface area contributed by atoms with E-state index in [0.29, 0.717) is 12.0 Å². The Morgan fingerprint density at radius 3 is 2.93 bits per heavy atom. The van der Waals surface area contributed by atoms with Crippen LogP contribution in [0.1, 0.15) is 32.1 Å². The molecule has 84 valence electrons. The minimum atomic E-state index is -0.153. The zero-order valence-corrected chi connectivity index (χ0v) is 9.32. The topological polar surface area (TPSA) is 29.5 Å². The summed E-state index contributed by atoms with van der Waals surface area (Å²) in [6.45, 7) is 0.863. The molecule has 15 heavy (non-hydrogen) atoms. The maximum atomic E-state index is 11.6. The fourth-order valence-electron chi connectivity index (χ4n) is 2.72. The highest BCUT2D eigenvalue weighted by atomic mass is 16.5. The average molecular weight is 209 g/mol. The second-order valence-corrected chi connectivity index (χ2v) is 4.40. The van der Waals surface area contributed by atoms with Gasteiger partial charge < -0.3 is 9.64 Å². The minimum absolute atomic E-state index is 0.153. The first kappa shape index (κ1) is 10.5. The first-order chi connectivity index (χ1) is 7.33. The van der Waals surface area contributed by atoms with Gasteiger partial charge >= 0.3 is 6.09 Å². The van der Waals surface area contributed by atoms with Crippen LogP contribution in [0.5, 0.6) is 0 Å². The third-order valence-electron chi connectivity index (χ3n) is 3.50. The summed E-state index contributed by atoms with van der Waals surface area (Å²) in [5, 5.41) is 0. The predicted octanol–water partition coefficient (Wildman–Crippen LogP) is 2.57. The van der Waals surface area contributed by atoms with Gasteiger partial charge in [-0.05, 0) is 38.0 Å². The fourth-order valence-corrected chi connectivity index (χ4v) is 2.72. The lowest BCUT2D eigenvalue weighted by Gasteiger charge is -2.37. The lowest BCUT2D eigenvalue weighted by molar-refractivity contribution is 0.0764. The number of rotatable bonds is 1. The van der Waals surface area contributed by atoms with Crippen LogP contribution in [0.3, 0.4) is 0 Å². The van der Waals surface area contributed by atoms with Crippen LogP contribution in [-0.2, 0) is 4.74 Å². The predicted molar refractivity (Wildman–Crippen MR) is 58.6 cm³/mol. The Morgan fingerprint density at radius 1 is 1.40 bits per heavy atom. The van der Waals surface area contributed by atoms with Gasteiger partial charge in [-0.1, -0.05) is 12.2 Å². The van der Waals surface area contributed by atoms with Crippen LogP contribution in [0.2, 0.25) is 0 Å². The molecule has 2 aliphatic rings. The Labute approximate surface area is 91.1 Å². The molecule has 0 aromatic carbocycles. The summed E-state index contributed by atoms with van der Waals surface area (Å²) < 4.78 is 4.84. The van der Waals surface area contributed by atoms with Crippen LogP contribution in [0.4, 0.5) is 4.79 Å². The normalized spacial score (nSPS) is 30.6. The van der Waals surface area contributed by atoms with Gasteiger partial charge in [-0.15, -0.1) is 0 Å². The van der Waals surface area contributed by atoms with Gasteiger partial charge in [0.05, 0.1) is 7.11 Å². The number of methoxy groups -OCH3 is 1. The van der Waals surface area contributed by atoms with E-state index in [2.05, 4.69) is 12.2 Å². The van der Waals surface area contributed by atoms with Crippen LogP contribution in [-0.4, -0.2) is 30.7 Å². The molecule has 0 bridgehead atoms. The highest BCUT2D eigenvalue weighted by molar-refractivity contribution is 5.68. The smallest absolute Gasteiger partial charge is 0.409 e. The van der Waals surface area contributed by atoms with Gasteiger partial charge in [-0.2, -0.15) is 0 Å². The molecule has 0 radical (unpaired) electrons. The van der Waals surface area contributed by atoms with Crippen LogP contribution >= 0.6 is 0 Å². The van der Waals surface area contributed by atoms with Crippen molar-refractivity contribution in [3.8, 4) is 0 Å². The molecule has 0 aromatic heterocycles. The highest BCUT2D eigenvalue weighted by Crippen LogP contribution is 2.30. The van der Waals surface area contributed by atoms with Gasteiger partial charge in [0, 0.05) is 12.6 Å². The zero-order chi connectivity index (χ0) is 10.7. The van der Waals surface area contributed by atoms with E-state index >= 15 is 0 Å². The van der Waals surface area contributed by atoms with Crippen molar-refractivity contribution >= 4 is 6.09 Å². The van der Waals surface area contributed by atoms with Crippen LogP contribution in [0, 0.1) is 5.92 Å². The monoisotopic (exact) mass is 209 g/mol. The van der Waals surface area contributed by atoms with Gasteiger partial charge in [0.25, 0.3) is 0 Å². The second kappa shape index (κ2) is 4.69. The first-order valence-electron chi connectivity index (χ1n) is 5.84. The summed E-state index contributed by atoms with van der Waals surface area (Å²) >= 11 is 0. The minimum Gasteiger partial charge on any atom is -0.453 e. The van der Waals surface area contributed by atoms with E-state index in [0.717, 1.165) is 25.8 Å². The number of ether oxygens (including phenoxy) is 1. The SMILES string of the molecule is COC(=O)N1CCCCC1C1C=CCC1. The summed E-state index contributed by atoms with van der Waals surface area (Å²) in [5.74, 6) is 0.560. The summed E-state index contributed by atoms with van der Waals surface area (Å²) in [6.07, 6.45) is 10.2. The average Bonchev–Trinajstić information content (AvgIpc) is 2.81. The van der Waals surface area contributed by atoms with E-state index in [1.54, 1.807) is 0 Å².